The molecule has 0 heterocycles. The summed E-state index contributed by atoms with van der Waals surface area (Å²) in [6.07, 6.45) is -9.36. The highest BCUT2D eigenvalue weighted by Crippen LogP contribution is 2.07. The molecule has 0 aromatic heterocycles. The minimum atomic E-state index is -2.09. The lowest BCUT2D eigenvalue weighted by Gasteiger charge is -2.23. The van der Waals surface area contributed by atoms with E-state index in [-0.39, 0.29) is 0 Å². The summed E-state index contributed by atoms with van der Waals surface area (Å²) < 4.78 is 0. The van der Waals surface area contributed by atoms with E-state index in [1.54, 1.807) is 0 Å². The first-order chi connectivity index (χ1) is 7.84. The van der Waals surface area contributed by atoms with Gasteiger partial charge in [-0.2, -0.15) is 0 Å². The minimum Gasteiger partial charge on any atom is -0.394 e. The molecule has 0 aliphatic carbocycles. The van der Waals surface area contributed by atoms with Crippen LogP contribution in [0.4, 0.5) is 0 Å². The first-order valence-corrected chi connectivity index (χ1v) is 5.00. The number of hydrogen-bond donors (Lipinski definition) is 7. The smallest absolute Gasteiger partial charge is 0.192 e. The Morgan fingerprint density at radius 3 is 1.88 bits per heavy atom. The Balaban J connectivity index is 4.38. The number of aliphatic hydroxyl groups excluding tert-OH is 7. The van der Waals surface area contributed by atoms with Crippen molar-refractivity contribution in [2.24, 2.45) is 0 Å². The van der Waals surface area contributed by atoms with Crippen molar-refractivity contribution in [1.82, 2.24) is 0 Å². The number of rotatable bonds is 8. The van der Waals surface area contributed by atoms with Crippen molar-refractivity contribution in [1.29, 1.82) is 0 Å². The Morgan fingerprint density at radius 1 is 0.941 bits per heavy atom. The highest BCUT2D eigenvalue weighted by atomic mass is 16.4. The number of carbonyl (C=O) groups is 1. The van der Waals surface area contributed by atoms with Crippen LogP contribution < -0.4 is 0 Å². The normalized spacial score (nSPS) is 20.4. The SMILES string of the molecule is O=C(C(O)CC(O)CO)[C@@H](O)[C@@H](O)[C@H](O)CO. The molecule has 17 heavy (non-hydrogen) atoms. The van der Waals surface area contributed by atoms with E-state index in [1.807, 2.05) is 0 Å². The van der Waals surface area contributed by atoms with Crippen molar-refractivity contribution in [3.8, 4) is 0 Å². The summed E-state index contributed by atoms with van der Waals surface area (Å²) in [5, 5.41) is 62.6. The van der Waals surface area contributed by atoms with Gasteiger partial charge in [0.1, 0.15) is 24.4 Å². The van der Waals surface area contributed by atoms with Crippen LogP contribution in [-0.4, -0.2) is 85.3 Å². The fourth-order valence-corrected chi connectivity index (χ4v) is 1.13. The minimum absolute atomic E-state index is 0.506. The van der Waals surface area contributed by atoms with Crippen LogP contribution >= 0.6 is 0 Å². The molecule has 0 amide bonds. The van der Waals surface area contributed by atoms with Crippen LogP contribution in [-0.2, 0) is 4.79 Å². The van der Waals surface area contributed by atoms with Gasteiger partial charge >= 0.3 is 0 Å². The zero-order chi connectivity index (χ0) is 13.6. The van der Waals surface area contributed by atoms with Crippen LogP contribution in [0, 0.1) is 0 Å². The first-order valence-electron chi connectivity index (χ1n) is 5.00. The van der Waals surface area contributed by atoms with E-state index in [2.05, 4.69) is 0 Å². The van der Waals surface area contributed by atoms with E-state index in [0.717, 1.165) is 0 Å². The van der Waals surface area contributed by atoms with Crippen molar-refractivity contribution < 1.29 is 40.5 Å². The summed E-state index contributed by atoms with van der Waals surface area (Å²) in [7, 11) is 0. The second kappa shape index (κ2) is 7.67. The van der Waals surface area contributed by atoms with Crippen molar-refractivity contribution in [3.63, 3.8) is 0 Å². The zero-order valence-corrected chi connectivity index (χ0v) is 9.05. The molecule has 7 N–H and O–H groups in total. The average Bonchev–Trinajstić information content (AvgIpc) is 2.34. The van der Waals surface area contributed by atoms with Gasteiger partial charge in [0.15, 0.2) is 5.78 Å². The molecule has 0 saturated carbocycles. The molecule has 0 spiro atoms. The lowest BCUT2D eigenvalue weighted by Crippen LogP contribution is -2.48. The number of Topliss-reactive ketones (excluding diaryl/α,β-unsaturated/α-hetero) is 1. The summed E-state index contributed by atoms with van der Waals surface area (Å²) in [4.78, 5) is 11.3. The van der Waals surface area contributed by atoms with E-state index in [9.17, 15) is 20.1 Å². The summed E-state index contributed by atoms with van der Waals surface area (Å²) in [6, 6.07) is 0. The standard InChI is InChI=1S/C9H18O8/c10-2-4(12)1-5(13)7(15)9(17)8(16)6(14)3-11/h4-6,8-14,16-17H,1-3H2/t4?,5?,6-,8+,9-/m1/s1. The number of hydrogen-bond acceptors (Lipinski definition) is 8. The van der Waals surface area contributed by atoms with E-state index in [1.165, 1.54) is 0 Å². The number of aliphatic hydroxyl groups is 7. The molecule has 8 nitrogen and oxygen atoms in total. The van der Waals surface area contributed by atoms with Crippen molar-refractivity contribution in [3.05, 3.63) is 0 Å². The van der Waals surface area contributed by atoms with Crippen LogP contribution in [0.2, 0.25) is 0 Å². The third-order valence-electron chi connectivity index (χ3n) is 2.23. The molecule has 0 radical (unpaired) electrons. The second-order valence-corrected chi connectivity index (χ2v) is 3.68. The van der Waals surface area contributed by atoms with Gasteiger partial charge in [-0.3, -0.25) is 4.79 Å². The molecule has 8 heteroatoms. The van der Waals surface area contributed by atoms with Gasteiger partial charge in [0.05, 0.1) is 19.3 Å². The predicted molar refractivity (Wildman–Crippen MR) is 53.8 cm³/mol. The van der Waals surface area contributed by atoms with Gasteiger partial charge in [-0.1, -0.05) is 0 Å². The van der Waals surface area contributed by atoms with Gasteiger partial charge in [0, 0.05) is 6.42 Å². The van der Waals surface area contributed by atoms with Crippen LogP contribution in [0.3, 0.4) is 0 Å². The molecule has 0 saturated heterocycles. The lowest BCUT2D eigenvalue weighted by molar-refractivity contribution is -0.150. The molecule has 5 atom stereocenters. The maximum atomic E-state index is 11.3. The predicted octanol–water partition coefficient (Wildman–Crippen LogP) is -4.27. The highest BCUT2D eigenvalue weighted by molar-refractivity contribution is 5.87. The molecule has 0 rings (SSSR count). The van der Waals surface area contributed by atoms with Crippen LogP contribution in [0.5, 0.6) is 0 Å². The van der Waals surface area contributed by atoms with Crippen LogP contribution in [0.1, 0.15) is 6.42 Å². The summed E-state index contributed by atoms with van der Waals surface area (Å²) in [6.45, 7) is -1.52. The molecule has 0 aromatic carbocycles. The highest BCUT2D eigenvalue weighted by Gasteiger charge is 2.34. The Morgan fingerprint density at radius 2 is 1.47 bits per heavy atom. The van der Waals surface area contributed by atoms with Crippen molar-refractivity contribution in [2.75, 3.05) is 13.2 Å². The molecule has 0 fully saturated rings. The van der Waals surface area contributed by atoms with Gasteiger partial charge in [0.2, 0.25) is 0 Å². The molecule has 0 aliphatic heterocycles. The lowest BCUT2D eigenvalue weighted by atomic mass is 9.98. The van der Waals surface area contributed by atoms with Gasteiger partial charge < -0.3 is 35.7 Å². The maximum Gasteiger partial charge on any atom is 0.192 e. The van der Waals surface area contributed by atoms with E-state index in [0.29, 0.717) is 0 Å². The van der Waals surface area contributed by atoms with Crippen LogP contribution in [0.15, 0.2) is 0 Å². The quantitative estimate of drug-likeness (QED) is 0.229. The molecular weight excluding hydrogens is 236 g/mol. The third-order valence-corrected chi connectivity index (χ3v) is 2.23. The first kappa shape index (κ1) is 16.4. The molecule has 0 bridgehead atoms. The molecule has 102 valence electrons. The fraction of sp³-hybridized carbons (Fsp3) is 0.889. The maximum absolute atomic E-state index is 11.3. The van der Waals surface area contributed by atoms with Crippen molar-refractivity contribution >= 4 is 5.78 Å². The Hall–Kier alpha value is -0.610. The van der Waals surface area contributed by atoms with Gasteiger partial charge in [-0.25, -0.2) is 0 Å². The number of ketones is 1. The van der Waals surface area contributed by atoms with Gasteiger partial charge in [-0.05, 0) is 0 Å². The topological polar surface area (TPSA) is 159 Å². The average molecular weight is 254 g/mol. The van der Waals surface area contributed by atoms with E-state index in [4.69, 9.17) is 20.4 Å². The summed E-state index contributed by atoms with van der Waals surface area (Å²) in [5.41, 5.74) is 0. The second-order valence-electron chi connectivity index (χ2n) is 3.68. The molecular formula is C9H18O8. The Bertz CT molecular complexity index is 233. The summed E-state index contributed by atoms with van der Waals surface area (Å²) >= 11 is 0. The van der Waals surface area contributed by atoms with E-state index < -0.39 is 55.9 Å². The largest absolute Gasteiger partial charge is 0.394 e. The molecule has 0 aromatic rings. The van der Waals surface area contributed by atoms with E-state index >= 15 is 0 Å². The summed E-state index contributed by atoms with van der Waals surface area (Å²) in [5.74, 6) is -1.21. The Labute approximate surface area is 97.4 Å². The molecule has 0 aliphatic rings. The van der Waals surface area contributed by atoms with Crippen LogP contribution in [0.25, 0.3) is 0 Å². The Kier molecular flexibility index (Phi) is 7.39. The third kappa shape index (κ3) is 5.04. The fourth-order valence-electron chi connectivity index (χ4n) is 1.13. The molecule has 2 unspecified atom stereocenters. The number of carbonyl (C=O) groups excluding carboxylic acids is 1. The zero-order valence-electron chi connectivity index (χ0n) is 9.05. The van der Waals surface area contributed by atoms with Gasteiger partial charge in [0.25, 0.3) is 0 Å². The van der Waals surface area contributed by atoms with Gasteiger partial charge in [-0.15, -0.1) is 0 Å². The van der Waals surface area contributed by atoms with Crippen molar-refractivity contribution in [2.45, 2.75) is 36.9 Å². The monoisotopic (exact) mass is 254 g/mol.